The number of benzene rings is 1. The van der Waals surface area contributed by atoms with Crippen molar-refractivity contribution in [2.75, 3.05) is 0 Å². The molecular formula is C36H59F3N3O3PSSi. The minimum absolute atomic E-state index is 0.114. The molecular weight excluding hydrogens is 671 g/mol. The summed E-state index contributed by atoms with van der Waals surface area (Å²) in [4.78, 5) is 6.00. The van der Waals surface area contributed by atoms with Gasteiger partial charge in [0.1, 0.15) is 13.8 Å². The fraction of sp³-hybridized carbons (Fsp3) is 0.806. The summed E-state index contributed by atoms with van der Waals surface area (Å²) in [5, 5.41) is 0. The van der Waals surface area contributed by atoms with Crippen LogP contribution in [0.15, 0.2) is 35.3 Å². The quantitative estimate of drug-likeness (QED) is 0.110. The minimum atomic E-state index is -6.09. The summed E-state index contributed by atoms with van der Waals surface area (Å²) < 4.78 is 65.6. The zero-order valence-electron chi connectivity index (χ0n) is 29.4. The lowest BCUT2D eigenvalue weighted by Crippen LogP contribution is -2.58. The molecule has 1 atom stereocenters. The molecule has 6 rings (SSSR count). The molecule has 12 heteroatoms. The van der Waals surface area contributed by atoms with Crippen LogP contribution in [0.4, 0.5) is 13.2 Å². The van der Waals surface area contributed by atoms with Gasteiger partial charge in [-0.05, 0) is 51.4 Å². The summed E-state index contributed by atoms with van der Waals surface area (Å²) in [6.45, 7) is 8.07. The molecule has 6 nitrogen and oxygen atoms in total. The molecule has 4 fully saturated rings. The number of hydrogen-bond acceptors (Lipinski definition) is 6. The van der Waals surface area contributed by atoms with Gasteiger partial charge in [0, 0.05) is 29.7 Å². The van der Waals surface area contributed by atoms with Crippen LogP contribution >= 0.6 is 8.22 Å². The molecule has 4 saturated carbocycles. The Labute approximate surface area is 290 Å². The smallest absolute Gasteiger partial charge is 0.485 e. The first-order valence-electron chi connectivity index (χ1n) is 18.9. The van der Waals surface area contributed by atoms with Crippen LogP contribution < -0.4 is 0 Å². The van der Waals surface area contributed by atoms with E-state index in [-0.39, 0.29) is 4.90 Å². The van der Waals surface area contributed by atoms with E-state index in [2.05, 4.69) is 59.3 Å². The maximum atomic E-state index is 10.7. The van der Waals surface area contributed by atoms with Gasteiger partial charge in [0.05, 0.1) is 0 Å². The zero-order valence-corrected chi connectivity index (χ0v) is 32.3. The van der Waals surface area contributed by atoms with Crippen molar-refractivity contribution in [3.8, 4) is 0 Å². The van der Waals surface area contributed by atoms with E-state index in [9.17, 15) is 13.2 Å². The molecule has 4 aliphatic carbocycles. The van der Waals surface area contributed by atoms with Crippen LogP contribution in [0.1, 0.15) is 134 Å². The molecule has 1 aromatic carbocycles. The Hall–Kier alpha value is -0.843. The second-order valence-electron chi connectivity index (χ2n) is 16.0. The van der Waals surface area contributed by atoms with Crippen LogP contribution in [0, 0.1) is 0 Å². The van der Waals surface area contributed by atoms with E-state index in [1.54, 1.807) is 0 Å². The van der Waals surface area contributed by atoms with E-state index in [4.69, 9.17) is 18.0 Å². The van der Waals surface area contributed by atoms with Crippen LogP contribution in [0.2, 0.25) is 19.6 Å². The van der Waals surface area contributed by atoms with Gasteiger partial charge in [0.2, 0.25) is 4.90 Å². The molecule has 0 bridgehead atoms. The maximum Gasteiger partial charge on any atom is 0.485 e. The van der Waals surface area contributed by atoms with Crippen LogP contribution in [-0.2, 0) is 10.1 Å². The van der Waals surface area contributed by atoms with E-state index >= 15 is 0 Å². The van der Waals surface area contributed by atoms with Gasteiger partial charge in [-0.3, -0.25) is 0 Å². The summed E-state index contributed by atoms with van der Waals surface area (Å²) >= 11 is 0. The number of hydrogen-bond donors (Lipinski definition) is 0. The highest BCUT2D eigenvalue weighted by atomic mass is 32.2. The SMILES string of the molecule is C[Si](C)(C)C1([PH+](N(C2CCCCC2)C2CCCCC2)N(C2CCCCC2)C2CCCCC2)N=C1c1ccccc1.O=S(=O)([O-])C(F)(F)F. The Morgan fingerprint density at radius 1 is 0.688 bits per heavy atom. The predicted octanol–water partition coefficient (Wildman–Crippen LogP) is 10.1. The molecule has 0 N–H and O–H groups in total. The molecule has 0 radical (unpaired) electrons. The molecule has 48 heavy (non-hydrogen) atoms. The van der Waals surface area contributed by atoms with E-state index in [0.29, 0.717) is 0 Å². The van der Waals surface area contributed by atoms with Gasteiger partial charge in [0.15, 0.2) is 18.3 Å². The van der Waals surface area contributed by atoms with Gasteiger partial charge in [0.25, 0.3) is 0 Å². The molecule has 1 aliphatic heterocycles. The summed E-state index contributed by atoms with van der Waals surface area (Å²) in [6, 6.07) is 14.7. The molecule has 5 aliphatic rings. The average Bonchev–Trinajstić information content (AvgIpc) is 3.84. The first-order valence-corrected chi connectivity index (χ1v) is 25.2. The first-order chi connectivity index (χ1) is 22.8. The molecule has 1 heterocycles. The third-order valence-corrected chi connectivity index (χ3v) is 21.1. The Morgan fingerprint density at radius 3 is 1.27 bits per heavy atom. The van der Waals surface area contributed by atoms with Crippen molar-refractivity contribution < 1.29 is 26.1 Å². The number of alkyl halides is 3. The van der Waals surface area contributed by atoms with E-state index < -0.39 is 31.9 Å². The van der Waals surface area contributed by atoms with Crippen LogP contribution in [0.5, 0.6) is 0 Å². The molecule has 1 aromatic rings. The number of rotatable bonds is 9. The van der Waals surface area contributed by atoms with Gasteiger partial charge in [-0.2, -0.15) is 22.5 Å². The molecule has 0 aromatic heterocycles. The van der Waals surface area contributed by atoms with Crippen molar-refractivity contribution in [1.29, 1.82) is 0 Å². The minimum Gasteiger partial charge on any atom is -0.741 e. The third kappa shape index (κ3) is 8.78. The van der Waals surface area contributed by atoms with E-state index in [1.807, 2.05) is 0 Å². The lowest BCUT2D eigenvalue weighted by molar-refractivity contribution is -0.0517. The number of aliphatic imine (C=N–C) groups is 1. The first kappa shape index (κ1) is 38.4. The van der Waals surface area contributed by atoms with Crippen molar-refractivity contribution in [2.45, 2.75) is 183 Å². The highest BCUT2D eigenvalue weighted by Gasteiger charge is 2.73. The summed E-state index contributed by atoms with van der Waals surface area (Å²) in [6.07, 6.45) is 28.9. The molecule has 272 valence electrons. The lowest BCUT2D eigenvalue weighted by atomic mass is 9.90. The van der Waals surface area contributed by atoms with Gasteiger partial charge < -0.3 is 4.55 Å². The van der Waals surface area contributed by atoms with Crippen molar-refractivity contribution in [3.63, 3.8) is 0 Å². The fourth-order valence-electron chi connectivity index (χ4n) is 9.26. The Morgan fingerprint density at radius 2 is 1.00 bits per heavy atom. The Balaban J connectivity index is 0.000000503. The topological polar surface area (TPSA) is 76.0 Å². The van der Waals surface area contributed by atoms with Gasteiger partial charge in [-0.15, -0.1) is 0 Å². The normalized spacial score (nSPS) is 26.0. The van der Waals surface area contributed by atoms with E-state index in [1.165, 1.54) is 140 Å². The van der Waals surface area contributed by atoms with Gasteiger partial charge >= 0.3 is 5.51 Å². The summed E-state index contributed by atoms with van der Waals surface area (Å²) in [7, 11) is -8.90. The summed E-state index contributed by atoms with van der Waals surface area (Å²) in [5.41, 5.74) is -2.69. The molecule has 1 unspecified atom stereocenters. The van der Waals surface area contributed by atoms with Gasteiger partial charge in [-0.1, -0.05) is 127 Å². The highest BCUT2D eigenvalue weighted by Crippen LogP contribution is 2.71. The summed E-state index contributed by atoms with van der Waals surface area (Å²) in [5.74, 6) is 0. The largest absolute Gasteiger partial charge is 0.741 e. The van der Waals surface area contributed by atoms with Crippen molar-refractivity contribution in [1.82, 2.24) is 9.34 Å². The standard InChI is InChI=1S/C35H58N3PSi.CHF3O3S/c1-40(2,3)35(34(36-35)29-19-9-4-10-20-29)39(37(30-21-11-5-12-22-30)31-23-13-6-14-24-31)38(32-25-15-7-16-26-32)33-27-17-8-18-28-33;2-1(3,4)8(5,6)7/h4,9-10,19-20,30-33H,5-8,11-18,21-28H2,1-3H3;(H,5,6,7). The lowest BCUT2D eigenvalue weighted by Gasteiger charge is -2.52. The Bertz CT molecular complexity index is 1230. The van der Waals surface area contributed by atoms with Crippen molar-refractivity contribution in [3.05, 3.63) is 35.9 Å². The van der Waals surface area contributed by atoms with Crippen LogP contribution in [0.3, 0.4) is 0 Å². The zero-order chi connectivity index (χ0) is 34.6. The predicted molar refractivity (Wildman–Crippen MR) is 194 cm³/mol. The molecule has 0 saturated heterocycles. The average molecular weight is 730 g/mol. The second kappa shape index (κ2) is 16.2. The molecule has 0 spiro atoms. The van der Waals surface area contributed by atoms with E-state index in [0.717, 1.165) is 24.2 Å². The fourth-order valence-corrected chi connectivity index (χ4v) is 18.0. The van der Waals surface area contributed by atoms with Crippen LogP contribution in [0.25, 0.3) is 0 Å². The maximum absolute atomic E-state index is 10.7. The number of nitrogens with zero attached hydrogens (tertiary/aromatic N) is 3. The monoisotopic (exact) mass is 729 g/mol. The Kier molecular flexibility index (Phi) is 13.0. The highest BCUT2D eigenvalue weighted by molar-refractivity contribution is 7.86. The third-order valence-electron chi connectivity index (χ3n) is 11.7. The molecule has 0 amide bonds. The number of halogens is 3. The van der Waals surface area contributed by atoms with Crippen molar-refractivity contribution in [2.24, 2.45) is 4.99 Å². The second-order valence-corrected chi connectivity index (χ2v) is 25.5. The van der Waals surface area contributed by atoms with Crippen LogP contribution in [-0.4, -0.2) is 70.7 Å². The van der Waals surface area contributed by atoms with Crippen molar-refractivity contribution >= 4 is 32.1 Å². The van der Waals surface area contributed by atoms with Gasteiger partial charge in [-0.25, -0.2) is 13.4 Å².